The van der Waals surface area contributed by atoms with Crippen molar-refractivity contribution >= 4 is 11.7 Å². The van der Waals surface area contributed by atoms with E-state index in [2.05, 4.69) is 26.1 Å². The van der Waals surface area contributed by atoms with Gasteiger partial charge in [0.1, 0.15) is 0 Å². The number of anilines is 1. The highest BCUT2D eigenvalue weighted by molar-refractivity contribution is 5.88. The fourth-order valence-corrected chi connectivity index (χ4v) is 4.33. The van der Waals surface area contributed by atoms with Crippen LogP contribution in [-0.4, -0.2) is 17.1 Å². The Kier molecular flexibility index (Phi) is 2.86. The van der Waals surface area contributed by atoms with Gasteiger partial charge in [-0.3, -0.25) is 0 Å². The zero-order valence-corrected chi connectivity index (χ0v) is 12.4. The highest BCUT2D eigenvalue weighted by atomic mass is 16.4. The molecule has 2 fully saturated rings. The van der Waals surface area contributed by atoms with E-state index in [1.807, 2.05) is 12.1 Å². The molecule has 0 heterocycles. The van der Waals surface area contributed by atoms with Gasteiger partial charge in [0.2, 0.25) is 0 Å². The molecule has 3 rings (SSSR count). The minimum absolute atomic E-state index is 0.336. The normalized spacial score (nSPS) is 34.1. The summed E-state index contributed by atoms with van der Waals surface area (Å²) < 4.78 is 0. The third kappa shape index (κ3) is 1.75. The van der Waals surface area contributed by atoms with Crippen LogP contribution < -0.4 is 5.32 Å². The number of fused-ring (bicyclic) bond motifs is 2. The second-order valence-corrected chi connectivity index (χ2v) is 7.19. The van der Waals surface area contributed by atoms with Crippen molar-refractivity contribution < 1.29 is 9.90 Å². The third-order valence-corrected chi connectivity index (χ3v) is 6.27. The van der Waals surface area contributed by atoms with Crippen molar-refractivity contribution in [2.45, 2.75) is 46.1 Å². The van der Waals surface area contributed by atoms with E-state index in [0.717, 1.165) is 11.6 Å². The highest BCUT2D eigenvalue weighted by Gasteiger charge is 2.61. The highest BCUT2D eigenvalue weighted by Crippen LogP contribution is 2.65. The summed E-state index contributed by atoms with van der Waals surface area (Å²) in [5.41, 5.74) is 2.11. The molecule has 0 radical (unpaired) electrons. The number of aromatic carboxylic acids is 1. The van der Waals surface area contributed by atoms with Crippen LogP contribution in [-0.2, 0) is 0 Å². The summed E-state index contributed by atoms with van der Waals surface area (Å²) in [5.74, 6) is -0.0622. The van der Waals surface area contributed by atoms with Gasteiger partial charge in [0.15, 0.2) is 0 Å². The van der Waals surface area contributed by atoms with Crippen LogP contribution in [0.2, 0.25) is 0 Å². The molecule has 0 spiro atoms. The van der Waals surface area contributed by atoms with E-state index >= 15 is 0 Å². The van der Waals surface area contributed by atoms with Gasteiger partial charge in [0.05, 0.1) is 5.56 Å². The van der Waals surface area contributed by atoms with Crippen LogP contribution in [0.4, 0.5) is 5.69 Å². The molecule has 2 aliphatic carbocycles. The topological polar surface area (TPSA) is 49.3 Å². The van der Waals surface area contributed by atoms with E-state index in [-0.39, 0.29) is 0 Å². The number of carboxylic acids is 1. The molecule has 1 aromatic carbocycles. The van der Waals surface area contributed by atoms with Crippen LogP contribution in [0, 0.1) is 16.7 Å². The standard InChI is InChI=1S/C17H23NO2/c1-16(2)12-8-9-17(16,3)14(10-12)18-13-6-4-11(5-7-13)15(19)20/h4-7,12,14,18H,8-10H2,1-3H3,(H,19,20). The molecule has 3 unspecified atom stereocenters. The van der Waals surface area contributed by atoms with Crippen LogP contribution in [0.5, 0.6) is 0 Å². The van der Waals surface area contributed by atoms with Crippen LogP contribution in [0.15, 0.2) is 24.3 Å². The van der Waals surface area contributed by atoms with Gasteiger partial charge < -0.3 is 10.4 Å². The molecule has 20 heavy (non-hydrogen) atoms. The number of benzene rings is 1. The van der Waals surface area contributed by atoms with Crippen molar-refractivity contribution in [3.05, 3.63) is 29.8 Å². The van der Waals surface area contributed by atoms with E-state index in [1.165, 1.54) is 19.3 Å². The Morgan fingerprint density at radius 3 is 2.35 bits per heavy atom. The van der Waals surface area contributed by atoms with E-state index < -0.39 is 5.97 Å². The molecule has 2 bridgehead atoms. The van der Waals surface area contributed by atoms with Gasteiger partial charge >= 0.3 is 5.97 Å². The molecular weight excluding hydrogens is 250 g/mol. The summed E-state index contributed by atoms with van der Waals surface area (Å²) in [4.78, 5) is 10.9. The Morgan fingerprint density at radius 1 is 1.25 bits per heavy atom. The minimum Gasteiger partial charge on any atom is -0.478 e. The molecule has 0 saturated heterocycles. The summed E-state index contributed by atoms with van der Waals surface area (Å²) in [6.07, 6.45) is 3.86. The maximum atomic E-state index is 10.9. The summed E-state index contributed by atoms with van der Waals surface area (Å²) >= 11 is 0. The maximum Gasteiger partial charge on any atom is 0.335 e. The lowest BCUT2D eigenvalue weighted by Gasteiger charge is -2.40. The summed E-state index contributed by atoms with van der Waals surface area (Å²) in [6.45, 7) is 7.21. The van der Waals surface area contributed by atoms with Crippen molar-refractivity contribution in [3.8, 4) is 0 Å². The Morgan fingerprint density at radius 2 is 1.90 bits per heavy atom. The minimum atomic E-state index is -0.871. The molecule has 2 N–H and O–H groups in total. The van der Waals surface area contributed by atoms with Crippen LogP contribution in [0.25, 0.3) is 0 Å². The van der Waals surface area contributed by atoms with Gasteiger partial charge in [-0.15, -0.1) is 0 Å². The molecular formula is C17H23NO2. The molecule has 3 nitrogen and oxygen atoms in total. The number of carboxylic acid groups (broad SMARTS) is 1. The molecule has 0 aromatic heterocycles. The quantitative estimate of drug-likeness (QED) is 0.874. The van der Waals surface area contributed by atoms with Crippen molar-refractivity contribution in [2.75, 3.05) is 5.32 Å². The average Bonchev–Trinajstić information content (AvgIpc) is 2.72. The first kappa shape index (κ1) is 13.5. The Hall–Kier alpha value is -1.51. The predicted octanol–water partition coefficient (Wildman–Crippen LogP) is 4.01. The fourth-order valence-electron chi connectivity index (χ4n) is 4.33. The van der Waals surface area contributed by atoms with Gasteiger partial charge in [-0.25, -0.2) is 4.79 Å². The predicted molar refractivity (Wildman–Crippen MR) is 80.0 cm³/mol. The first-order chi connectivity index (χ1) is 9.34. The zero-order valence-electron chi connectivity index (χ0n) is 12.4. The first-order valence-corrected chi connectivity index (χ1v) is 7.44. The van der Waals surface area contributed by atoms with Gasteiger partial charge in [0.25, 0.3) is 0 Å². The number of hydrogen-bond donors (Lipinski definition) is 2. The van der Waals surface area contributed by atoms with Crippen molar-refractivity contribution in [3.63, 3.8) is 0 Å². The van der Waals surface area contributed by atoms with E-state index in [9.17, 15) is 4.79 Å². The van der Waals surface area contributed by atoms with Crippen LogP contribution >= 0.6 is 0 Å². The Labute approximate surface area is 120 Å². The smallest absolute Gasteiger partial charge is 0.335 e. The van der Waals surface area contributed by atoms with Gasteiger partial charge in [0, 0.05) is 11.7 Å². The van der Waals surface area contributed by atoms with Crippen molar-refractivity contribution in [1.29, 1.82) is 0 Å². The lowest BCUT2D eigenvalue weighted by molar-refractivity contribution is 0.0697. The number of rotatable bonds is 3. The van der Waals surface area contributed by atoms with E-state index in [4.69, 9.17) is 5.11 Å². The van der Waals surface area contributed by atoms with Gasteiger partial charge in [-0.05, 0) is 60.3 Å². The second kappa shape index (κ2) is 4.24. The SMILES string of the molecule is CC1(C)C2CCC1(C)C(Nc1ccc(C(=O)O)cc1)C2. The monoisotopic (exact) mass is 273 g/mol. The lowest BCUT2D eigenvalue weighted by atomic mass is 9.69. The molecule has 0 amide bonds. The average molecular weight is 273 g/mol. The molecule has 108 valence electrons. The zero-order chi connectivity index (χ0) is 14.5. The molecule has 3 heteroatoms. The number of nitrogens with one attached hydrogen (secondary N) is 1. The van der Waals surface area contributed by atoms with E-state index in [0.29, 0.717) is 22.4 Å². The third-order valence-electron chi connectivity index (χ3n) is 6.27. The summed E-state index contributed by atoms with van der Waals surface area (Å²) in [7, 11) is 0. The Bertz CT molecular complexity index is 534. The summed E-state index contributed by atoms with van der Waals surface area (Å²) in [5, 5.41) is 12.6. The van der Waals surface area contributed by atoms with E-state index in [1.54, 1.807) is 12.1 Å². The van der Waals surface area contributed by atoms with Gasteiger partial charge in [-0.1, -0.05) is 20.8 Å². The number of carbonyl (C=O) groups is 1. The molecule has 2 saturated carbocycles. The molecule has 2 aliphatic rings. The van der Waals surface area contributed by atoms with Crippen LogP contribution in [0.3, 0.4) is 0 Å². The molecule has 1 aromatic rings. The van der Waals surface area contributed by atoms with Crippen LogP contribution in [0.1, 0.15) is 50.4 Å². The molecule has 0 aliphatic heterocycles. The Balaban J connectivity index is 1.78. The van der Waals surface area contributed by atoms with Gasteiger partial charge in [-0.2, -0.15) is 0 Å². The number of hydrogen-bond acceptors (Lipinski definition) is 2. The lowest BCUT2D eigenvalue weighted by Crippen LogP contribution is -2.40. The second-order valence-electron chi connectivity index (χ2n) is 7.19. The largest absolute Gasteiger partial charge is 0.478 e. The summed E-state index contributed by atoms with van der Waals surface area (Å²) in [6, 6.07) is 7.60. The maximum absolute atomic E-state index is 10.9. The van der Waals surface area contributed by atoms with Crippen molar-refractivity contribution in [2.24, 2.45) is 16.7 Å². The van der Waals surface area contributed by atoms with Crippen molar-refractivity contribution in [1.82, 2.24) is 0 Å². The first-order valence-electron chi connectivity index (χ1n) is 7.44. The fraction of sp³-hybridized carbons (Fsp3) is 0.588. The molecule has 3 atom stereocenters.